The van der Waals surface area contributed by atoms with Crippen molar-refractivity contribution in [3.8, 4) is 0 Å². The highest BCUT2D eigenvalue weighted by molar-refractivity contribution is 9.10. The first-order chi connectivity index (χ1) is 7.81. The Bertz CT molecular complexity index is 446. The lowest BCUT2D eigenvalue weighted by Crippen LogP contribution is -2.14. The Morgan fingerprint density at radius 3 is 2.41 bits per heavy atom. The number of hydrogen-bond donors (Lipinski definition) is 0. The summed E-state index contributed by atoms with van der Waals surface area (Å²) in [4.78, 5) is 11.7. The number of carbonyl (C=O) groups excluding carboxylic acids is 1. The van der Waals surface area contributed by atoms with Crippen molar-refractivity contribution in [3.05, 3.63) is 27.7 Å². The van der Waals surface area contributed by atoms with E-state index >= 15 is 0 Å². The molecule has 0 aliphatic heterocycles. The first-order valence-electron chi connectivity index (χ1n) is 4.34. The van der Waals surface area contributed by atoms with Gasteiger partial charge in [0.05, 0.1) is 18.2 Å². The van der Waals surface area contributed by atoms with Crippen LogP contribution < -0.4 is 0 Å². The van der Waals surface area contributed by atoms with Gasteiger partial charge >= 0.3 is 12.1 Å². The van der Waals surface area contributed by atoms with Gasteiger partial charge in [0.25, 0.3) is 0 Å². The van der Waals surface area contributed by atoms with Crippen LogP contribution in [0, 0.1) is 0 Å². The lowest BCUT2D eigenvalue weighted by molar-refractivity contribution is -0.138. The molecule has 0 amide bonds. The summed E-state index contributed by atoms with van der Waals surface area (Å²) in [5, 5.41) is 0. The van der Waals surface area contributed by atoms with E-state index in [9.17, 15) is 18.0 Å². The Kier molecular flexibility index (Phi) is 4.48. The maximum Gasteiger partial charge on any atom is 0.417 e. The molecule has 0 radical (unpaired) electrons. The summed E-state index contributed by atoms with van der Waals surface area (Å²) in [6, 6.07) is 2.06. The number of halogens is 4. The Labute approximate surface area is 109 Å². The monoisotopic (exact) mass is 328 g/mol. The maximum absolute atomic E-state index is 12.8. The van der Waals surface area contributed by atoms with Crippen LogP contribution in [0.1, 0.15) is 15.9 Å². The van der Waals surface area contributed by atoms with Gasteiger partial charge in [-0.3, -0.25) is 0 Å². The second-order valence-electron chi connectivity index (χ2n) is 3.02. The van der Waals surface area contributed by atoms with Crippen molar-refractivity contribution in [2.24, 2.45) is 0 Å². The molecule has 2 nitrogen and oxygen atoms in total. The molecule has 0 saturated carbocycles. The number of rotatable bonds is 2. The van der Waals surface area contributed by atoms with E-state index in [1.807, 2.05) is 0 Å². The van der Waals surface area contributed by atoms with Crippen molar-refractivity contribution in [2.45, 2.75) is 11.1 Å². The third kappa shape index (κ3) is 3.16. The fraction of sp³-hybridized carbons (Fsp3) is 0.300. The predicted octanol–water partition coefficient (Wildman–Crippen LogP) is 3.98. The molecule has 0 unspecified atom stereocenters. The summed E-state index contributed by atoms with van der Waals surface area (Å²) < 4.78 is 43.0. The molecule has 0 heterocycles. The summed E-state index contributed by atoms with van der Waals surface area (Å²) in [5.41, 5.74) is -1.48. The van der Waals surface area contributed by atoms with Crippen molar-refractivity contribution in [3.63, 3.8) is 0 Å². The molecule has 0 aliphatic rings. The van der Waals surface area contributed by atoms with Crippen LogP contribution in [-0.2, 0) is 10.9 Å². The number of ether oxygens (including phenoxy) is 1. The zero-order chi connectivity index (χ0) is 13.2. The molecule has 94 valence electrons. The molecule has 1 aromatic rings. The fourth-order valence-corrected chi connectivity index (χ4v) is 2.54. The highest BCUT2D eigenvalue weighted by Crippen LogP contribution is 2.38. The minimum absolute atomic E-state index is 0.407. The van der Waals surface area contributed by atoms with E-state index < -0.39 is 23.3 Å². The largest absolute Gasteiger partial charge is 0.465 e. The Balaban J connectivity index is 3.47. The summed E-state index contributed by atoms with van der Waals surface area (Å²) in [5.74, 6) is -1.01. The van der Waals surface area contributed by atoms with Gasteiger partial charge in [0.1, 0.15) is 0 Å². The molecule has 0 fully saturated rings. The maximum atomic E-state index is 12.8. The minimum atomic E-state index is -4.59. The van der Waals surface area contributed by atoms with Crippen LogP contribution in [0.2, 0.25) is 0 Å². The van der Waals surface area contributed by atoms with E-state index in [2.05, 4.69) is 20.7 Å². The highest BCUT2D eigenvalue weighted by Gasteiger charge is 2.36. The first kappa shape index (κ1) is 14.4. The SMILES string of the molecule is COC(=O)c1cc(Br)c(SC)cc1C(F)(F)F. The molecule has 17 heavy (non-hydrogen) atoms. The first-order valence-corrected chi connectivity index (χ1v) is 6.36. The standard InChI is InChI=1S/C10H8BrF3O2S/c1-16-9(15)5-3-7(11)8(17-2)4-6(5)10(12,13)14/h3-4H,1-2H3. The van der Waals surface area contributed by atoms with E-state index in [0.717, 1.165) is 31.0 Å². The lowest BCUT2D eigenvalue weighted by atomic mass is 10.1. The molecule has 0 bridgehead atoms. The van der Waals surface area contributed by atoms with E-state index in [0.29, 0.717) is 9.37 Å². The van der Waals surface area contributed by atoms with Gasteiger partial charge in [-0.25, -0.2) is 4.79 Å². The van der Waals surface area contributed by atoms with Crippen LogP contribution in [0.3, 0.4) is 0 Å². The van der Waals surface area contributed by atoms with Crippen LogP contribution in [0.25, 0.3) is 0 Å². The number of thioether (sulfide) groups is 1. The molecule has 0 aromatic heterocycles. The van der Waals surface area contributed by atoms with Crippen molar-refractivity contribution in [1.29, 1.82) is 0 Å². The number of methoxy groups -OCH3 is 1. The van der Waals surface area contributed by atoms with Gasteiger partial charge in [-0.05, 0) is 34.3 Å². The fourth-order valence-electron chi connectivity index (χ4n) is 1.22. The second-order valence-corrected chi connectivity index (χ2v) is 4.72. The molecular formula is C10H8BrF3O2S. The quantitative estimate of drug-likeness (QED) is 0.606. The number of esters is 1. The van der Waals surface area contributed by atoms with Gasteiger partial charge < -0.3 is 4.74 Å². The van der Waals surface area contributed by atoms with Crippen LogP contribution >= 0.6 is 27.7 Å². The van der Waals surface area contributed by atoms with Crippen LogP contribution in [0.15, 0.2) is 21.5 Å². The van der Waals surface area contributed by atoms with Gasteiger partial charge in [-0.2, -0.15) is 13.2 Å². The minimum Gasteiger partial charge on any atom is -0.465 e. The summed E-state index contributed by atoms with van der Waals surface area (Å²) in [6.07, 6.45) is -2.94. The van der Waals surface area contributed by atoms with Gasteiger partial charge in [0.15, 0.2) is 0 Å². The van der Waals surface area contributed by atoms with E-state index in [4.69, 9.17) is 0 Å². The molecular weight excluding hydrogens is 321 g/mol. The van der Waals surface area contributed by atoms with Gasteiger partial charge in [-0.1, -0.05) is 0 Å². The van der Waals surface area contributed by atoms with Gasteiger partial charge in [-0.15, -0.1) is 11.8 Å². The Morgan fingerprint density at radius 2 is 2.00 bits per heavy atom. The third-order valence-electron chi connectivity index (χ3n) is 2.00. The van der Waals surface area contributed by atoms with Crippen molar-refractivity contribution in [2.75, 3.05) is 13.4 Å². The molecule has 0 saturated heterocycles. The van der Waals surface area contributed by atoms with E-state index in [1.54, 1.807) is 6.26 Å². The number of alkyl halides is 3. The molecule has 0 atom stereocenters. The zero-order valence-electron chi connectivity index (χ0n) is 8.89. The average Bonchev–Trinajstić information content (AvgIpc) is 2.26. The normalized spacial score (nSPS) is 11.4. The smallest absolute Gasteiger partial charge is 0.417 e. The van der Waals surface area contributed by atoms with Crippen LogP contribution in [-0.4, -0.2) is 19.3 Å². The van der Waals surface area contributed by atoms with Crippen LogP contribution in [0.5, 0.6) is 0 Å². The topological polar surface area (TPSA) is 26.3 Å². The van der Waals surface area contributed by atoms with Crippen molar-refractivity contribution in [1.82, 2.24) is 0 Å². The molecule has 1 rings (SSSR count). The molecule has 0 N–H and O–H groups in total. The predicted molar refractivity (Wildman–Crippen MR) is 62.3 cm³/mol. The molecule has 7 heteroatoms. The Hall–Kier alpha value is -0.690. The molecule has 1 aromatic carbocycles. The van der Waals surface area contributed by atoms with Crippen LogP contribution in [0.4, 0.5) is 13.2 Å². The highest BCUT2D eigenvalue weighted by atomic mass is 79.9. The second kappa shape index (κ2) is 5.30. The zero-order valence-corrected chi connectivity index (χ0v) is 11.3. The number of benzene rings is 1. The Morgan fingerprint density at radius 1 is 1.41 bits per heavy atom. The summed E-state index contributed by atoms with van der Waals surface area (Å²) in [7, 11) is 1.04. The lowest BCUT2D eigenvalue weighted by Gasteiger charge is -2.13. The number of carbonyl (C=O) groups is 1. The summed E-state index contributed by atoms with van der Waals surface area (Å²) >= 11 is 4.26. The number of hydrogen-bond acceptors (Lipinski definition) is 3. The summed E-state index contributed by atoms with van der Waals surface area (Å²) in [6.45, 7) is 0. The van der Waals surface area contributed by atoms with E-state index in [-0.39, 0.29) is 0 Å². The van der Waals surface area contributed by atoms with Gasteiger partial charge in [0, 0.05) is 9.37 Å². The molecule has 0 spiro atoms. The van der Waals surface area contributed by atoms with E-state index in [1.165, 1.54) is 0 Å². The van der Waals surface area contributed by atoms with Crippen molar-refractivity contribution >= 4 is 33.7 Å². The average molecular weight is 329 g/mol. The van der Waals surface area contributed by atoms with Gasteiger partial charge in [0.2, 0.25) is 0 Å². The molecule has 0 aliphatic carbocycles. The van der Waals surface area contributed by atoms with Crippen molar-refractivity contribution < 1.29 is 22.7 Å². The third-order valence-corrected chi connectivity index (χ3v) is 3.70.